The summed E-state index contributed by atoms with van der Waals surface area (Å²) in [5, 5.41) is 0. The van der Waals surface area contributed by atoms with Gasteiger partial charge in [0.05, 0.1) is 5.69 Å². The first-order valence-corrected chi connectivity index (χ1v) is 6.29. The number of amides is 1. The maximum atomic E-state index is 12.4. The fraction of sp³-hybridized carbons (Fsp3) is 0.200. The monoisotopic (exact) mass is 253 g/mol. The molecule has 1 amide bonds. The third-order valence-electron chi connectivity index (χ3n) is 3.40. The van der Waals surface area contributed by atoms with Gasteiger partial charge >= 0.3 is 0 Å². The Morgan fingerprint density at radius 3 is 2.53 bits per heavy atom. The average Bonchev–Trinajstić information content (AvgIpc) is 2.90. The first-order chi connectivity index (χ1) is 9.28. The number of nitrogens with zero attached hydrogens (tertiary/aromatic N) is 2. The Morgan fingerprint density at radius 2 is 1.89 bits per heavy atom. The van der Waals surface area contributed by atoms with E-state index in [1.165, 1.54) is 11.1 Å². The first kappa shape index (κ1) is 11.9. The van der Waals surface area contributed by atoms with E-state index < -0.39 is 0 Å². The van der Waals surface area contributed by atoms with Gasteiger partial charge in [0.2, 0.25) is 0 Å². The van der Waals surface area contributed by atoms with Gasteiger partial charge in [-0.15, -0.1) is 0 Å². The van der Waals surface area contributed by atoms with Crippen molar-refractivity contribution in [2.24, 2.45) is 5.73 Å². The quantitative estimate of drug-likeness (QED) is 0.886. The summed E-state index contributed by atoms with van der Waals surface area (Å²) in [6.07, 6.45) is 1.64. The van der Waals surface area contributed by atoms with Gasteiger partial charge in [0.25, 0.3) is 5.91 Å². The van der Waals surface area contributed by atoms with Crippen LogP contribution in [0.1, 0.15) is 27.2 Å². The molecule has 2 N–H and O–H groups in total. The van der Waals surface area contributed by atoms with E-state index >= 15 is 0 Å². The van der Waals surface area contributed by atoms with Gasteiger partial charge in [-0.3, -0.25) is 9.78 Å². The lowest BCUT2D eigenvalue weighted by Crippen LogP contribution is -2.25. The van der Waals surface area contributed by atoms with Crippen LogP contribution in [0.5, 0.6) is 0 Å². The van der Waals surface area contributed by atoms with E-state index in [9.17, 15) is 4.79 Å². The molecule has 1 aromatic heterocycles. The summed E-state index contributed by atoms with van der Waals surface area (Å²) in [6, 6.07) is 11.7. The predicted molar refractivity (Wildman–Crippen MR) is 72.1 cm³/mol. The van der Waals surface area contributed by atoms with E-state index in [2.05, 4.69) is 17.1 Å². The van der Waals surface area contributed by atoms with Gasteiger partial charge in [-0.1, -0.05) is 24.3 Å². The lowest BCUT2D eigenvalue weighted by molar-refractivity contribution is 0.0751. The topological polar surface area (TPSA) is 59.2 Å². The molecule has 96 valence electrons. The van der Waals surface area contributed by atoms with E-state index in [0.717, 1.165) is 5.69 Å². The van der Waals surface area contributed by atoms with Gasteiger partial charge in [-0.25, -0.2) is 0 Å². The molecule has 0 spiro atoms. The van der Waals surface area contributed by atoms with Crippen LogP contribution < -0.4 is 5.73 Å². The Morgan fingerprint density at radius 1 is 1.21 bits per heavy atom. The number of pyridine rings is 1. The molecule has 4 heteroatoms. The van der Waals surface area contributed by atoms with Crippen LogP contribution >= 0.6 is 0 Å². The largest absolute Gasteiger partial charge is 0.330 e. The van der Waals surface area contributed by atoms with Crippen LogP contribution in [0.3, 0.4) is 0 Å². The number of fused-ring (bicyclic) bond motifs is 1. The maximum Gasteiger partial charge on any atom is 0.254 e. The van der Waals surface area contributed by atoms with E-state index in [1.807, 2.05) is 17.0 Å². The molecule has 1 aliphatic rings. The van der Waals surface area contributed by atoms with Crippen molar-refractivity contribution in [3.05, 3.63) is 65.0 Å². The van der Waals surface area contributed by atoms with Crippen LogP contribution in [0.2, 0.25) is 0 Å². The summed E-state index contributed by atoms with van der Waals surface area (Å²) in [6.45, 7) is 1.70. The molecule has 0 saturated heterocycles. The second kappa shape index (κ2) is 4.82. The zero-order chi connectivity index (χ0) is 13.2. The first-order valence-electron chi connectivity index (χ1n) is 6.29. The van der Waals surface area contributed by atoms with Crippen molar-refractivity contribution in [3.8, 4) is 0 Å². The summed E-state index contributed by atoms with van der Waals surface area (Å²) in [7, 11) is 0. The molecule has 4 nitrogen and oxygen atoms in total. The second-order valence-electron chi connectivity index (χ2n) is 4.67. The number of benzene rings is 1. The predicted octanol–water partition coefficient (Wildman–Crippen LogP) is 1.70. The smallest absolute Gasteiger partial charge is 0.254 e. The summed E-state index contributed by atoms with van der Waals surface area (Å²) in [5.74, 6) is 0.0355. The minimum atomic E-state index is 0.0355. The Kier molecular flexibility index (Phi) is 3.01. The van der Waals surface area contributed by atoms with Crippen LogP contribution in [0, 0.1) is 0 Å². The molecule has 3 rings (SSSR count). The number of carbonyl (C=O) groups is 1. The maximum absolute atomic E-state index is 12.4. The van der Waals surface area contributed by atoms with Crippen LogP contribution in [0.15, 0.2) is 42.6 Å². The van der Waals surface area contributed by atoms with Gasteiger partial charge in [0.1, 0.15) is 0 Å². The molecule has 0 fully saturated rings. The minimum Gasteiger partial charge on any atom is -0.330 e. The highest BCUT2D eigenvalue weighted by Gasteiger charge is 2.23. The zero-order valence-electron chi connectivity index (χ0n) is 10.5. The minimum absolute atomic E-state index is 0.0355. The molecular weight excluding hydrogens is 238 g/mol. The molecule has 0 saturated carbocycles. The van der Waals surface area contributed by atoms with Crippen LogP contribution in [-0.4, -0.2) is 15.8 Å². The van der Waals surface area contributed by atoms with Crippen molar-refractivity contribution < 1.29 is 4.79 Å². The van der Waals surface area contributed by atoms with Crippen molar-refractivity contribution in [2.45, 2.75) is 19.6 Å². The summed E-state index contributed by atoms with van der Waals surface area (Å²) < 4.78 is 0. The van der Waals surface area contributed by atoms with Gasteiger partial charge < -0.3 is 10.6 Å². The highest BCUT2D eigenvalue weighted by molar-refractivity contribution is 5.94. The molecule has 0 radical (unpaired) electrons. The Bertz CT molecular complexity index is 599. The summed E-state index contributed by atoms with van der Waals surface area (Å²) in [5.41, 5.74) is 9.40. The van der Waals surface area contributed by atoms with Gasteiger partial charge in [-0.05, 0) is 23.3 Å². The van der Waals surface area contributed by atoms with Crippen molar-refractivity contribution in [1.82, 2.24) is 9.88 Å². The van der Waals surface area contributed by atoms with Crippen molar-refractivity contribution >= 4 is 5.91 Å². The van der Waals surface area contributed by atoms with Gasteiger partial charge in [-0.2, -0.15) is 0 Å². The Hall–Kier alpha value is -2.20. The fourth-order valence-electron chi connectivity index (χ4n) is 2.38. The molecule has 2 heterocycles. The average molecular weight is 253 g/mol. The summed E-state index contributed by atoms with van der Waals surface area (Å²) >= 11 is 0. The molecule has 0 aliphatic carbocycles. The third-order valence-corrected chi connectivity index (χ3v) is 3.40. The summed E-state index contributed by atoms with van der Waals surface area (Å²) in [4.78, 5) is 18.4. The van der Waals surface area contributed by atoms with Crippen molar-refractivity contribution in [2.75, 3.05) is 0 Å². The van der Waals surface area contributed by atoms with E-state index in [-0.39, 0.29) is 5.91 Å². The van der Waals surface area contributed by atoms with Crippen molar-refractivity contribution in [1.29, 1.82) is 0 Å². The number of hydrogen-bond donors (Lipinski definition) is 1. The van der Waals surface area contributed by atoms with Gasteiger partial charge in [0, 0.05) is 31.4 Å². The van der Waals surface area contributed by atoms with E-state index in [4.69, 9.17) is 5.73 Å². The Labute approximate surface area is 111 Å². The highest BCUT2D eigenvalue weighted by Crippen LogP contribution is 2.23. The van der Waals surface area contributed by atoms with E-state index in [1.54, 1.807) is 18.3 Å². The number of rotatable bonds is 2. The molecular formula is C15H15N3O. The molecule has 2 aromatic rings. The number of carbonyl (C=O) groups excluding carboxylic acids is 1. The second-order valence-corrected chi connectivity index (χ2v) is 4.67. The van der Waals surface area contributed by atoms with Gasteiger partial charge in [0.15, 0.2) is 0 Å². The standard InChI is InChI=1S/C15H15N3O/c16-8-14-7-11(5-6-17-14)15(19)18-9-12-3-1-2-4-13(12)10-18/h1-7H,8-10,16H2. The zero-order valence-corrected chi connectivity index (χ0v) is 10.5. The number of hydrogen-bond acceptors (Lipinski definition) is 3. The molecule has 0 unspecified atom stereocenters. The molecule has 0 atom stereocenters. The van der Waals surface area contributed by atoms with Crippen LogP contribution in [0.4, 0.5) is 0 Å². The van der Waals surface area contributed by atoms with Crippen LogP contribution in [0.25, 0.3) is 0 Å². The molecule has 1 aliphatic heterocycles. The highest BCUT2D eigenvalue weighted by atomic mass is 16.2. The lowest BCUT2D eigenvalue weighted by atomic mass is 10.1. The normalized spacial score (nSPS) is 13.4. The van der Waals surface area contributed by atoms with E-state index in [0.29, 0.717) is 25.2 Å². The fourth-order valence-corrected chi connectivity index (χ4v) is 2.38. The third kappa shape index (κ3) is 2.22. The number of nitrogens with two attached hydrogens (primary N) is 1. The Balaban J connectivity index is 1.83. The van der Waals surface area contributed by atoms with Crippen molar-refractivity contribution in [3.63, 3.8) is 0 Å². The van der Waals surface area contributed by atoms with Crippen LogP contribution in [-0.2, 0) is 19.6 Å². The molecule has 0 bridgehead atoms. The molecule has 1 aromatic carbocycles. The number of aromatic nitrogens is 1. The molecule has 19 heavy (non-hydrogen) atoms. The SMILES string of the molecule is NCc1cc(C(=O)N2Cc3ccccc3C2)ccn1. The lowest BCUT2D eigenvalue weighted by Gasteiger charge is -2.15.